The molecule has 0 aliphatic carbocycles. The minimum Gasteiger partial charge on any atom is -0.376 e. The summed E-state index contributed by atoms with van der Waals surface area (Å²) in [5.74, 6) is 0.395. The first kappa shape index (κ1) is 15.6. The third kappa shape index (κ3) is 4.11. The van der Waals surface area contributed by atoms with Crippen molar-refractivity contribution >= 4 is 11.9 Å². The van der Waals surface area contributed by atoms with Gasteiger partial charge in [-0.15, -0.1) is 5.10 Å². The van der Waals surface area contributed by atoms with Gasteiger partial charge in [0.25, 0.3) is 5.91 Å². The summed E-state index contributed by atoms with van der Waals surface area (Å²) < 4.78 is 11.0. The van der Waals surface area contributed by atoms with E-state index in [-0.39, 0.29) is 18.0 Å². The molecule has 2 atom stereocenters. The average Bonchev–Trinajstić information content (AvgIpc) is 3.25. The van der Waals surface area contributed by atoms with Crippen LogP contribution in [0.5, 0.6) is 0 Å². The SMILES string of the molecule is CC(OCC1CCCO1)C(=O)Nc1n[nH]c(-c2ccccn2)n1. The normalized spacial score (nSPS) is 18.7. The zero-order valence-electron chi connectivity index (χ0n) is 12.9. The van der Waals surface area contributed by atoms with Gasteiger partial charge >= 0.3 is 0 Å². The number of nitrogens with one attached hydrogen (secondary N) is 2. The Morgan fingerprint density at radius 2 is 2.48 bits per heavy atom. The van der Waals surface area contributed by atoms with Crippen LogP contribution >= 0.6 is 0 Å². The molecule has 0 bridgehead atoms. The molecule has 0 aromatic carbocycles. The Labute approximate surface area is 133 Å². The van der Waals surface area contributed by atoms with E-state index < -0.39 is 6.10 Å². The van der Waals surface area contributed by atoms with E-state index in [1.165, 1.54) is 0 Å². The zero-order valence-corrected chi connectivity index (χ0v) is 12.9. The van der Waals surface area contributed by atoms with Crippen molar-refractivity contribution in [3.8, 4) is 11.5 Å². The van der Waals surface area contributed by atoms with Crippen molar-refractivity contribution in [3.05, 3.63) is 24.4 Å². The summed E-state index contributed by atoms with van der Waals surface area (Å²) in [5.41, 5.74) is 0.656. The molecular weight excluding hydrogens is 298 g/mol. The van der Waals surface area contributed by atoms with Gasteiger partial charge in [-0.2, -0.15) is 4.98 Å². The minimum absolute atomic E-state index is 0.0875. The highest BCUT2D eigenvalue weighted by molar-refractivity contribution is 5.92. The van der Waals surface area contributed by atoms with Crippen molar-refractivity contribution in [1.82, 2.24) is 20.2 Å². The molecule has 1 amide bonds. The van der Waals surface area contributed by atoms with Crippen LogP contribution in [-0.4, -0.2) is 51.5 Å². The van der Waals surface area contributed by atoms with Crippen LogP contribution in [0, 0.1) is 0 Å². The minimum atomic E-state index is -0.601. The van der Waals surface area contributed by atoms with Crippen LogP contribution < -0.4 is 5.32 Å². The molecule has 2 aromatic heterocycles. The molecule has 2 aromatic rings. The Hall–Kier alpha value is -2.32. The number of carbonyl (C=O) groups excluding carboxylic acids is 1. The van der Waals surface area contributed by atoms with Crippen LogP contribution in [0.25, 0.3) is 11.5 Å². The van der Waals surface area contributed by atoms with E-state index in [0.29, 0.717) is 18.1 Å². The van der Waals surface area contributed by atoms with Gasteiger partial charge in [0, 0.05) is 12.8 Å². The molecule has 2 unspecified atom stereocenters. The lowest BCUT2D eigenvalue weighted by Gasteiger charge is -2.15. The predicted octanol–water partition coefficient (Wildman–Crippen LogP) is 1.39. The van der Waals surface area contributed by atoms with E-state index in [1.54, 1.807) is 19.2 Å². The van der Waals surface area contributed by atoms with Gasteiger partial charge in [-0.25, -0.2) is 0 Å². The summed E-state index contributed by atoms with van der Waals surface area (Å²) >= 11 is 0. The molecule has 1 aliphatic rings. The number of pyridine rings is 1. The van der Waals surface area contributed by atoms with Crippen LogP contribution in [0.3, 0.4) is 0 Å². The molecule has 0 radical (unpaired) electrons. The van der Waals surface area contributed by atoms with Crippen LogP contribution in [0.4, 0.5) is 5.95 Å². The lowest BCUT2D eigenvalue weighted by Crippen LogP contribution is -2.30. The fourth-order valence-corrected chi connectivity index (χ4v) is 2.25. The standard InChI is InChI=1S/C15H19N5O3/c1-10(23-9-11-5-4-8-22-11)14(21)18-15-17-13(19-20-15)12-6-2-3-7-16-12/h2-3,6-7,10-11H,4-5,8-9H2,1H3,(H2,17,18,19,20,21). The van der Waals surface area contributed by atoms with Gasteiger partial charge in [0.15, 0.2) is 5.82 Å². The molecule has 2 N–H and O–H groups in total. The van der Waals surface area contributed by atoms with Gasteiger partial charge in [0.05, 0.1) is 12.7 Å². The van der Waals surface area contributed by atoms with Crippen LogP contribution in [0.15, 0.2) is 24.4 Å². The summed E-state index contributed by atoms with van der Waals surface area (Å²) in [5, 5.41) is 9.33. The first-order chi connectivity index (χ1) is 11.2. The second-order valence-corrected chi connectivity index (χ2v) is 5.32. The van der Waals surface area contributed by atoms with E-state index in [2.05, 4.69) is 25.5 Å². The van der Waals surface area contributed by atoms with Crippen LogP contribution in [0.2, 0.25) is 0 Å². The molecule has 0 saturated carbocycles. The fraction of sp³-hybridized carbons (Fsp3) is 0.467. The van der Waals surface area contributed by atoms with Crippen molar-refractivity contribution in [1.29, 1.82) is 0 Å². The first-order valence-corrected chi connectivity index (χ1v) is 7.60. The van der Waals surface area contributed by atoms with Crippen molar-refractivity contribution in [2.24, 2.45) is 0 Å². The lowest BCUT2D eigenvalue weighted by atomic mass is 10.2. The number of rotatable bonds is 6. The number of carbonyl (C=O) groups is 1. The number of amides is 1. The number of ether oxygens (including phenoxy) is 2. The molecule has 3 rings (SSSR count). The molecule has 8 heteroatoms. The van der Waals surface area contributed by atoms with Crippen LogP contribution in [-0.2, 0) is 14.3 Å². The van der Waals surface area contributed by atoms with E-state index >= 15 is 0 Å². The van der Waals surface area contributed by atoms with Crippen molar-refractivity contribution in [2.45, 2.75) is 32.0 Å². The van der Waals surface area contributed by atoms with Crippen molar-refractivity contribution in [2.75, 3.05) is 18.5 Å². The number of aromatic amines is 1. The summed E-state index contributed by atoms with van der Waals surface area (Å²) in [7, 11) is 0. The quantitative estimate of drug-likeness (QED) is 0.834. The van der Waals surface area contributed by atoms with Crippen LogP contribution in [0.1, 0.15) is 19.8 Å². The third-order valence-corrected chi connectivity index (χ3v) is 3.55. The monoisotopic (exact) mass is 317 g/mol. The van der Waals surface area contributed by atoms with E-state index in [0.717, 1.165) is 19.4 Å². The molecule has 23 heavy (non-hydrogen) atoms. The summed E-state index contributed by atoms with van der Waals surface area (Å²) in [4.78, 5) is 20.4. The Bertz CT molecular complexity index is 640. The van der Waals surface area contributed by atoms with E-state index in [9.17, 15) is 4.79 Å². The molecule has 0 spiro atoms. The average molecular weight is 317 g/mol. The Morgan fingerprint density at radius 3 is 3.22 bits per heavy atom. The van der Waals surface area contributed by atoms with Gasteiger partial charge in [-0.3, -0.25) is 20.2 Å². The Kier molecular flexibility index (Phi) is 4.94. The molecule has 1 fully saturated rings. The lowest BCUT2D eigenvalue weighted by molar-refractivity contribution is -0.128. The summed E-state index contributed by atoms with van der Waals surface area (Å²) in [6.45, 7) is 2.88. The molecule has 3 heterocycles. The number of aromatic nitrogens is 4. The topological polar surface area (TPSA) is 102 Å². The van der Waals surface area contributed by atoms with Gasteiger partial charge < -0.3 is 9.47 Å². The zero-order chi connectivity index (χ0) is 16.1. The highest BCUT2D eigenvalue weighted by Crippen LogP contribution is 2.14. The smallest absolute Gasteiger partial charge is 0.255 e. The molecular formula is C15H19N5O3. The number of anilines is 1. The summed E-state index contributed by atoms with van der Waals surface area (Å²) in [6, 6.07) is 5.47. The maximum Gasteiger partial charge on any atom is 0.255 e. The van der Waals surface area contributed by atoms with Crippen molar-refractivity contribution < 1.29 is 14.3 Å². The fourth-order valence-electron chi connectivity index (χ4n) is 2.25. The van der Waals surface area contributed by atoms with Gasteiger partial charge in [0.2, 0.25) is 5.95 Å². The van der Waals surface area contributed by atoms with Gasteiger partial charge in [-0.05, 0) is 31.9 Å². The Balaban J connectivity index is 1.52. The summed E-state index contributed by atoms with van der Waals surface area (Å²) in [6.07, 6.45) is 3.17. The first-order valence-electron chi connectivity index (χ1n) is 7.60. The highest BCUT2D eigenvalue weighted by Gasteiger charge is 2.20. The van der Waals surface area contributed by atoms with E-state index in [1.807, 2.05) is 12.1 Å². The number of H-pyrrole nitrogens is 1. The third-order valence-electron chi connectivity index (χ3n) is 3.55. The predicted molar refractivity (Wildman–Crippen MR) is 82.6 cm³/mol. The second-order valence-electron chi connectivity index (χ2n) is 5.32. The molecule has 122 valence electrons. The van der Waals surface area contributed by atoms with Crippen molar-refractivity contribution in [3.63, 3.8) is 0 Å². The number of hydrogen-bond donors (Lipinski definition) is 2. The van der Waals surface area contributed by atoms with Gasteiger partial charge in [-0.1, -0.05) is 6.07 Å². The molecule has 8 nitrogen and oxygen atoms in total. The maximum absolute atomic E-state index is 12.1. The maximum atomic E-state index is 12.1. The molecule has 1 aliphatic heterocycles. The van der Waals surface area contributed by atoms with E-state index in [4.69, 9.17) is 9.47 Å². The number of hydrogen-bond acceptors (Lipinski definition) is 6. The van der Waals surface area contributed by atoms with Gasteiger partial charge in [0.1, 0.15) is 11.8 Å². The highest BCUT2D eigenvalue weighted by atomic mass is 16.5. The molecule has 1 saturated heterocycles. The Morgan fingerprint density at radius 1 is 1.57 bits per heavy atom. The second kappa shape index (κ2) is 7.30. The number of nitrogens with zero attached hydrogens (tertiary/aromatic N) is 3. The largest absolute Gasteiger partial charge is 0.376 e.